The number of hydrogen-bond acceptors (Lipinski definition) is 4. The molecule has 1 saturated heterocycles. The third-order valence-corrected chi connectivity index (χ3v) is 2.75. The Balaban J connectivity index is 2.75. The zero-order chi connectivity index (χ0) is 10.9. The maximum atomic E-state index is 11.3. The summed E-state index contributed by atoms with van der Waals surface area (Å²) in [7, 11) is 1.74. The van der Waals surface area contributed by atoms with Gasteiger partial charge in [-0.1, -0.05) is 0 Å². The Hall–Kier alpha value is -0.940. The zero-order valence-corrected chi connectivity index (χ0v) is 8.70. The third kappa shape index (κ3) is 1.93. The van der Waals surface area contributed by atoms with Crippen molar-refractivity contribution < 1.29 is 14.7 Å². The SMILES string of the molecule is CN(C1CC(=O)NC1=O)C(C)(C)CO. The van der Waals surface area contributed by atoms with E-state index in [0.29, 0.717) is 0 Å². The first-order valence-corrected chi connectivity index (χ1v) is 4.56. The lowest BCUT2D eigenvalue weighted by atomic mass is 10.0. The quantitative estimate of drug-likeness (QED) is 0.579. The number of nitrogens with one attached hydrogen (secondary N) is 1. The number of likely N-dealkylation sites (N-methyl/N-ethyl adjacent to an activating group) is 1. The molecule has 1 aliphatic heterocycles. The third-order valence-electron chi connectivity index (χ3n) is 2.75. The average Bonchev–Trinajstić information content (AvgIpc) is 2.44. The Kier molecular flexibility index (Phi) is 2.92. The second-order valence-corrected chi connectivity index (χ2v) is 4.21. The van der Waals surface area contributed by atoms with Crippen LogP contribution in [0, 0.1) is 0 Å². The maximum absolute atomic E-state index is 11.3. The van der Waals surface area contributed by atoms with Gasteiger partial charge in [0.15, 0.2) is 0 Å². The van der Waals surface area contributed by atoms with Crippen LogP contribution in [0.2, 0.25) is 0 Å². The van der Waals surface area contributed by atoms with Crippen molar-refractivity contribution in [2.24, 2.45) is 0 Å². The molecule has 2 N–H and O–H groups in total. The second-order valence-electron chi connectivity index (χ2n) is 4.21. The fourth-order valence-electron chi connectivity index (χ4n) is 1.39. The summed E-state index contributed by atoms with van der Waals surface area (Å²) in [5.41, 5.74) is -0.493. The summed E-state index contributed by atoms with van der Waals surface area (Å²) in [6.45, 7) is 3.59. The molecule has 0 saturated carbocycles. The normalized spacial score (nSPS) is 23.1. The Morgan fingerprint density at radius 1 is 1.57 bits per heavy atom. The number of carbonyl (C=O) groups excluding carboxylic acids is 2. The van der Waals surface area contributed by atoms with E-state index in [2.05, 4.69) is 5.32 Å². The van der Waals surface area contributed by atoms with Crippen LogP contribution >= 0.6 is 0 Å². The van der Waals surface area contributed by atoms with Crippen LogP contribution in [0.1, 0.15) is 20.3 Å². The van der Waals surface area contributed by atoms with Gasteiger partial charge in [-0.15, -0.1) is 0 Å². The van der Waals surface area contributed by atoms with Gasteiger partial charge in [0, 0.05) is 5.54 Å². The lowest BCUT2D eigenvalue weighted by Crippen LogP contribution is -2.52. The average molecular weight is 200 g/mol. The van der Waals surface area contributed by atoms with E-state index in [1.54, 1.807) is 11.9 Å². The number of carbonyl (C=O) groups is 2. The Labute approximate surface area is 83.1 Å². The van der Waals surface area contributed by atoms with E-state index >= 15 is 0 Å². The summed E-state index contributed by atoms with van der Waals surface area (Å²) in [6.07, 6.45) is 0.179. The molecule has 0 aromatic heterocycles. The number of rotatable bonds is 3. The van der Waals surface area contributed by atoms with E-state index in [9.17, 15) is 9.59 Å². The molecule has 14 heavy (non-hydrogen) atoms. The molecular weight excluding hydrogens is 184 g/mol. The van der Waals surface area contributed by atoms with Gasteiger partial charge in [-0.05, 0) is 20.9 Å². The van der Waals surface area contributed by atoms with E-state index in [1.165, 1.54) is 0 Å². The minimum absolute atomic E-state index is 0.0541. The summed E-state index contributed by atoms with van der Waals surface area (Å²) in [6, 6.07) is -0.454. The highest BCUT2D eigenvalue weighted by Crippen LogP contribution is 2.19. The van der Waals surface area contributed by atoms with Crippen LogP contribution in [0.3, 0.4) is 0 Å². The second kappa shape index (κ2) is 3.67. The van der Waals surface area contributed by atoms with E-state index in [4.69, 9.17) is 5.11 Å². The topological polar surface area (TPSA) is 69.6 Å². The van der Waals surface area contributed by atoms with Crippen LogP contribution in [0.4, 0.5) is 0 Å². The van der Waals surface area contributed by atoms with Crippen LogP contribution in [-0.2, 0) is 9.59 Å². The number of imide groups is 1. The van der Waals surface area contributed by atoms with Crippen LogP contribution < -0.4 is 5.32 Å². The molecule has 1 aliphatic rings. The van der Waals surface area contributed by atoms with Gasteiger partial charge >= 0.3 is 0 Å². The highest BCUT2D eigenvalue weighted by atomic mass is 16.3. The summed E-state index contributed by atoms with van der Waals surface area (Å²) >= 11 is 0. The lowest BCUT2D eigenvalue weighted by molar-refractivity contribution is -0.127. The molecule has 1 unspecified atom stereocenters. The van der Waals surface area contributed by atoms with E-state index in [-0.39, 0.29) is 24.8 Å². The summed E-state index contributed by atoms with van der Waals surface area (Å²) in [5, 5.41) is 11.4. The van der Waals surface area contributed by atoms with Crippen molar-refractivity contribution in [3.05, 3.63) is 0 Å². The molecule has 1 heterocycles. The van der Waals surface area contributed by atoms with Gasteiger partial charge in [0.25, 0.3) is 0 Å². The fourth-order valence-corrected chi connectivity index (χ4v) is 1.39. The van der Waals surface area contributed by atoms with Gasteiger partial charge in [-0.3, -0.25) is 19.8 Å². The first-order valence-electron chi connectivity index (χ1n) is 4.56. The van der Waals surface area contributed by atoms with Crippen molar-refractivity contribution in [1.29, 1.82) is 0 Å². The molecule has 1 atom stereocenters. The molecular formula is C9H16N2O3. The first kappa shape index (κ1) is 11.1. The predicted octanol–water partition coefficient (Wildman–Crippen LogP) is -0.896. The molecule has 5 heteroatoms. The summed E-state index contributed by atoms with van der Waals surface area (Å²) in [5.74, 6) is -0.528. The number of aliphatic hydroxyl groups is 1. The highest BCUT2D eigenvalue weighted by Gasteiger charge is 2.39. The number of hydrogen-bond donors (Lipinski definition) is 2. The molecule has 2 amide bonds. The fraction of sp³-hybridized carbons (Fsp3) is 0.778. The molecule has 0 aliphatic carbocycles. The van der Waals surface area contributed by atoms with Crippen molar-refractivity contribution in [3.63, 3.8) is 0 Å². The van der Waals surface area contributed by atoms with Crippen LogP contribution in [-0.4, -0.2) is 47.1 Å². The molecule has 1 rings (SSSR count). The molecule has 5 nitrogen and oxygen atoms in total. The molecule has 0 radical (unpaired) electrons. The number of nitrogens with zero attached hydrogens (tertiary/aromatic N) is 1. The van der Waals surface area contributed by atoms with E-state index < -0.39 is 11.6 Å². The van der Waals surface area contributed by atoms with Crippen molar-refractivity contribution in [1.82, 2.24) is 10.2 Å². The molecule has 80 valence electrons. The Morgan fingerprint density at radius 3 is 2.50 bits per heavy atom. The van der Waals surface area contributed by atoms with Crippen LogP contribution in [0.5, 0.6) is 0 Å². The standard InChI is InChI=1S/C9H16N2O3/c1-9(2,5-12)11(3)6-4-7(13)10-8(6)14/h6,12H,4-5H2,1-3H3,(H,10,13,14). The zero-order valence-electron chi connectivity index (χ0n) is 8.70. The predicted molar refractivity (Wildman–Crippen MR) is 50.5 cm³/mol. The first-order chi connectivity index (χ1) is 6.38. The van der Waals surface area contributed by atoms with Crippen molar-refractivity contribution in [2.45, 2.75) is 31.8 Å². The smallest absolute Gasteiger partial charge is 0.244 e. The lowest BCUT2D eigenvalue weighted by Gasteiger charge is -2.36. The minimum Gasteiger partial charge on any atom is -0.394 e. The van der Waals surface area contributed by atoms with Crippen LogP contribution in [0.25, 0.3) is 0 Å². The van der Waals surface area contributed by atoms with E-state index in [1.807, 2.05) is 13.8 Å². The largest absolute Gasteiger partial charge is 0.394 e. The van der Waals surface area contributed by atoms with Gasteiger partial charge in [0.05, 0.1) is 19.1 Å². The highest BCUT2D eigenvalue weighted by molar-refractivity contribution is 6.05. The molecule has 1 fully saturated rings. The van der Waals surface area contributed by atoms with Crippen molar-refractivity contribution in [3.8, 4) is 0 Å². The van der Waals surface area contributed by atoms with Crippen molar-refractivity contribution in [2.75, 3.05) is 13.7 Å². The van der Waals surface area contributed by atoms with Gasteiger partial charge in [0.2, 0.25) is 11.8 Å². The molecule has 0 bridgehead atoms. The Morgan fingerprint density at radius 2 is 2.14 bits per heavy atom. The van der Waals surface area contributed by atoms with Crippen LogP contribution in [0.15, 0.2) is 0 Å². The maximum Gasteiger partial charge on any atom is 0.244 e. The number of amides is 2. The van der Waals surface area contributed by atoms with Crippen molar-refractivity contribution >= 4 is 11.8 Å². The number of aliphatic hydroxyl groups excluding tert-OH is 1. The van der Waals surface area contributed by atoms with Gasteiger partial charge < -0.3 is 5.11 Å². The Bertz CT molecular complexity index is 263. The monoisotopic (exact) mass is 200 g/mol. The molecule has 0 aromatic rings. The van der Waals surface area contributed by atoms with Gasteiger partial charge in [-0.2, -0.15) is 0 Å². The molecule has 0 spiro atoms. The van der Waals surface area contributed by atoms with Gasteiger partial charge in [-0.25, -0.2) is 0 Å². The summed E-state index contributed by atoms with van der Waals surface area (Å²) < 4.78 is 0. The molecule has 0 aromatic carbocycles. The minimum atomic E-state index is -0.493. The summed E-state index contributed by atoms with van der Waals surface area (Å²) in [4.78, 5) is 24.0. The van der Waals surface area contributed by atoms with E-state index in [0.717, 1.165) is 0 Å². The van der Waals surface area contributed by atoms with Gasteiger partial charge in [0.1, 0.15) is 0 Å².